The zero-order valence-corrected chi connectivity index (χ0v) is 15.6. The highest BCUT2D eigenvalue weighted by Crippen LogP contribution is 2.30. The third-order valence-electron chi connectivity index (χ3n) is 4.32. The van der Waals surface area contributed by atoms with Gasteiger partial charge in [0.15, 0.2) is 0 Å². The molecule has 0 atom stereocenters. The third-order valence-corrected chi connectivity index (χ3v) is 5.54. The van der Waals surface area contributed by atoms with Gasteiger partial charge >= 0.3 is 5.97 Å². The number of quaternary nitrogens is 1. The number of methoxy groups -OCH3 is 1. The number of hydrogen-bond donors (Lipinski definition) is 3. The van der Waals surface area contributed by atoms with E-state index in [4.69, 9.17) is 16.3 Å². The van der Waals surface area contributed by atoms with Gasteiger partial charge in [-0.1, -0.05) is 11.6 Å². The Hall–Kier alpha value is -1.70. The van der Waals surface area contributed by atoms with Crippen LogP contribution in [0.2, 0.25) is 5.02 Å². The summed E-state index contributed by atoms with van der Waals surface area (Å²) in [4.78, 5) is 28.9. The SMILES string of the molecule is COC(=O)c1[nH]c2ccc(Cl)cc2c1NC(=O)CC[NH+]1CCSCC1. The van der Waals surface area contributed by atoms with E-state index in [1.807, 2.05) is 11.8 Å². The van der Waals surface area contributed by atoms with Gasteiger partial charge in [0.05, 0.1) is 38.9 Å². The number of esters is 1. The van der Waals surface area contributed by atoms with Crippen molar-refractivity contribution in [3.63, 3.8) is 0 Å². The van der Waals surface area contributed by atoms with Gasteiger partial charge in [0.2, 0.25) is 5.91 Å². The highest BCUT2D eigenvalue weighted by molar-refractivity contribution is 7.99. The summed E-state index contributed by atoms with van der Waals surface area (Å²) in [5.41, 5.74) is 1.38. The van der Waals surface area contributed by atoms with E-state index < -0.39 is 5.97 Å². The minimum Gasteiger partial charge on any atom is -0.464 e. The first kappa shape index (κ1) is 18.1. The molecule has 1 aliphatic heterocycles. The number of H-pyrrole nitrogens is 1. The predicted octanol–water partition coefficient (Wildman–Crippen LogP) is 1.57. The first-order chi connectivity index (χ1) is 12.1. The summed E-state index contributed by atoms with van der Waals surface area (Å²) in [5.74, 6) is 1.65. The zero-order valence-electron chi connectivity index (χ0n) is 14.0. The summed E-state index contributed by atoms with van der Waals surface area (Å²) >= 11 is 8.02. The average molecular weight is 383 g/mol. The van der Waals surface area contributed by atoms with Crippen molar-refractivity contribution in [2.24, 2.45) is 0 Å². The first-order valence-electron chi connectivity index (χ1n) is 8.19. The number of aromatic nitrogens is 1. The van der Waals surface area contributed by atoms with Crippen LogP contribution in [0.15, 0.2) is 18.2 Å². The Balaban J connectivity index is 1.77. The lowest BCUT2D eigenvalue weighted by atomic mass is 10.2. The van der Waals surface area contributed by atoms with Gasteiger partial charge in [-0.15, -0.1) is 0 Å². The van der Waals surface area contributed by atoms with Crippen LogP contribution >= 0.6 is 23.4 Å². The van der Waals surface area contributed by atoms with Crippen molar-refractivity contribution < 1.29 is 19.2 Å². The molecule has 0 bridgehead atoms. The number of benzene rings is 1. The maximum atomic E-state index is 12.4. The molecular weight excluding hydrogens is 362 g/mol. The number of carbonyl (C=O) groups excluding carboxylic acids is 2. The van der Waals surface area contributed by atoms with E-state index in [9.17, 15) is 9.59 Å². The fourth-order valence-electron chi connectivity index (χ4n) is 2.95. The van der Waals surface area contributed by atoms with Crippen molar-refractivity contribution in [2.75, 3.05) is 43.6 Å². The molecule has 1 saturated heterocycles. The summed E-state index contributed by atoms with van der Waals surface area (Å²) in [5, 5.41) is 4.10. The molecule has 3 N–H and O–H groups in total. The number of fused-ring (bicyclic) bond motifs is 1. The lowest BCUT2D eigenvalue weighted by Gasteiger charge is -2.22. The van der Waals surface area contributed by atoms with Gasteiger partial charge in [0, 0.05) is 27.4 Å². The Morgan fingerprint density at radius 1 is 1.36 bits per heavy atom. The number of nitrogens with one attached hydrogen (secondary N) is 3. The third kappa shape index (κ3) is 4.29. The number of carbonyl (C=O) groups is 2. The van der Waals surface area contributed by atoms with Crippen LogP contribution in [-0.4, -0.2) is 55.1 Å². The van der Waals surface area contributed by atoms with Crippen LogP contribution in [0, 0.1) is 0 Å². The smallest absolute Gasteiger partial charge is 0.356 e. The quantitative estimate of drug-likeness (QED) is 0.686. The van der Waals surface area contributed by atoms with Gasteiger partial charge in [-0.25, -0.2) is 4.79 Å². The molecule has 1 amide bonds. The number of halogens is 1. The molecule has 1 aromatic heterocycles. The van der Waals surface area contributed by atoms with Crippen LogP contribution in [0.4, 0.5) is 5.69 Å². The summed E-state index contributed by atoms with van der Waals surface area (Å²) in [6.45, 7) is 2.98. The van der Waals surface area contributed by atoms with E-state index in [-0.39, 0.29) is 11.6 Å². The molecule has 0 aliphatic carbocycles. The van der Waals surface area contributed by atoms with Gasteiger partial charge in [0.1, 0.15) is 5.69 Å². The second kappa shape index (κ2) is 8.12. The van der Waals surface area contributed by atoms with Crippen LogP contribution in [0.25, 0.3) is 10.9 Å². The number of ether oxygens (including phenoxy) is 1. The van der Waals surface area contributed by atoms with Crippen molar-refractivity contribution in [3.05, 3.63) is 28.9 Å². The molecule has 1 aromatic carbocycles. The molecule has 134 valence electrons. The number of aromatic amines is 1. The molecule has 0 saturated carbocycles. The second-order valence-electron chi connectivity index (χ2n) is 5.97. The predicted molar refractivity (Wildman–Crippen MR) is 101 cm³/mol. The molecule has 2 aromatic rings. The monoisotopic (exact) mass is 382 g/mol. The molecule has 25 heavy (non-hydrogen) atoms. The molecule has 8 heteroatoms. The first-order valence-corrected chi connectivity index (χ1v) is 9.72. The van der Waals surface area contributed by atoms with Gasteiger partial charge in [0.25, 0.3) is 0 Å². The largest absolute Gasteiger partial charge is 0.464 e. The number of amides is 1. The molecule has 1 fully saturated rings. The van der Waals surface area contributed by atoms with E-state index in [1.165, 1.54) is 12.0 Å². The molecular formula is C17H21ClN3O3S+. The van der Waals surface area contributed by atoms with E-state index in [1.54, 1.807) is 18.2 Å². The molecule has 0 unspecified atom stereocenters. The number of rotatable bonds is 5. The minimum atomic E-state index is -0.527. The minimum absolute atomic E-state index is 0.114. The summed E-state index contributed by atoms with van der Waals surface area (Å²) in [7, 11) is 1.31. The Morgan fingerprint density at radius 2 is 2.12 bits per heavy atom. The lowest BCUT2D eigenvalue weighted by Crippen LogP contribution is -3.13. The van der Waals surface area contributed by atoms with Crippen molar-refractivity contribution in [1.29, 1.82) is 0 Å². The van der Waals surface area contributed by atoms with Gasteiger partial charge in [-0.05, 0) is 18.2 Å². The van der Waals surface area contributed by atoms with E-state index in [0.29, 0.717) is 22.5 Å². The molecule has 1 aliphatic rings. The van der Waals surface area contributed by atoms with Crippen LogP contribution < -0.4 is 10.2 Å². The van der Waals surface area contributed by atoms with Crippen molar-refractivity contribution in [1.82, 2.24) is 4.98 Å². The number of anilines is 1. The number of thioether (sulfide) groups is 1. The Bertz CT molecular complexity index is 787. The fraction of sp³-hybridized carbons (Fsp3) is 0.412. The van der Waals surface area contributed by atoms with Crippen molar-refractivity contribution in [3.8, 4) is 0 Å². The average Bonchev–Trinajstić information content (AvgIpc) is 2.98. The molecule has 0 radical (unpaired) electrons. The van der Waals surface area contributed by atoms with Crippen LogP contribution in [0.1, 0.15) is 16.9 Å². The van der Waals surface area contributed by atoms with Gasteiger partial charge in [-0.2, -0.15) is 11.8 Å². The molecule has 6 nitrogen and oxygen atoms in total. The van der Waals surface area contributed by atoms with Crippen molar-refractivity contribution in [2.45, 2.75) is 6.42 Å². The van der Waals surface area contributed by atoms with Crippen molar-refractivity contribution >= 4 is 51.8 Å². The summed E-state index contributed by atoms with van der Waals surface area (Å²) in [6, 6.07) is 5.22. The standard InChI is InChI=1S/C17H20ClN3O3S/c1-24-17(23)16-15(12-10-11(18)2-3-13(12)19-16)20-14(22)4-5-21-6-8-25-9-7-21/h2-3,10,19H,4-9H2,1H3,(H,20,22)/p+1. The van der Waals surface area contributed by atoms with Gasteiger partial charge in [-0.3, -0.25) is 4.79 Å². The van der Waals surface area contributed by atoms with E-state index in [0.717, 1.165) is 36.7 Å². The fourth-order valence-corrected chi connectivity index (χ4v) is 4.19. The van der Waals surface area contributed by atoms with Crippen LogP contribution in [0.5, 0.6) is 0 Å². The maximum absolute atomic E-state index is 12.4. The Kier molecular flexibility index (Phi) is 5.88. The normalized spacial score (nSPS) is 15.3. The van der Waals surface area contributed by atoms with E-state index in [2.05, 4.69) is 10.3 Å². The molecule has 2 heterocycles. The second-order valence-corrected chi connectivity index (χ2v) is 7.63. The van der Waals surface area contributed by atoms with Crippen LogP contribution in [0.3, 0.4) is 0 Å². The van der Waals surface area contributed by atoms with Crippen LogP contribution in [-0.2, 0) is 9.53 Å². The highest BCUT2D eigenvalue weighted by Gasteiger charge is 2.21. The lowest BCUT2D eigenvalue weighted by molar-refractivity contribution is -0.895. The molecule has 0 spiro atoms. The number of hydrogen-bond acceptors (Lipinski definition) is 4. The maximum Gasteiger partial charge on any atom is 0.356 e. The topological polar surface area (TPSA) is 75.6 Å². The van der Waals surface area contributed by atoms with E-state index >= 15 is 0 Å². The summed E-state index contributed by atoms with van der Waals surface area (Å²) in [6.07, 6.45) is 0.411. The Labute approximate surface area is 155 Å². The highest BCUT2D eigenvalue weighted by atomic mass is 35.5. The van der Waals surface area contributed by atoms with Gasteiger partial charge < -0.3 is 19.9 Å². The summed E-state index contributed by atoms with van der Waals surface area (Å²) < 4.78 is 4.81. The zero-order chi connectivity index (χ0) is 17.8. The Morgan fingerprint density at radius 3 is 2.84 bits per heavy atom. The molecule has 3 rings (SSSR count).